The summed E-state index contributed by atoms with van der Waals surface area (Å²) in [4.78, 5) is 2.46. The molecule has 1 unspecified atom stereocenters. The van der Waals surface area contributed by atoms with E-state index in [1.807, 2.05) is 26.1 Å². The van der Waals surface area contributed by atoms with Gasteiger partial charge in [-0.15, -0.1) is 0 Å². The zero-order chi connectivity index (χ0) is 14.9. The van der Waals surface area contributed by atoms with E-state index in [1.165, 1.54) is 0 Å². The number of nitrogens with zero attached hydrogens (tertiary/aromatic N) is 2. The molecule has 1 aromatic carbocycles. The Hall–Kier alpha value is -0.470. The van der Waals surface area contributed by atoms with Crippen molar-refractivity contribution in [2.45, 2.75) is 17.9 Å². The summed E-state index contributed by atoms with van der Waals surface area (Å²) in [7, 11) is -1.52. The van der Waals surface area contributed by atoms with Crippen molar-refractivity contribution in [3.8, 4) is 0 Å². The molecule has 0 saturated carbocycles. The van der Waals surface area contributed by atoms with E-state index < -0.39 is 10.0 Å². The third kappa shape index (κ3) is 3.07. The highest BCUT2D eigenvalue weighted by Gasteiger charge is 2.35. The molecule has 7 heteroatoms. The highest BCUT2D eigenvalue weighted by molar-refractivity contribution is 9.10. The van der Waals surface area contributed by atoms with Crippen molar-refractivity contribution in [3.05, 3.63) is 28.2 Å². The smallest absolute Gasteiger partial charge is 0.243 e. The zero-order valence-corrected chi connectivity index (χ0v) is 14.1. The molecule has 1 aliphatic rings. The molecule has 0 aromatic heterocycles. The highest BCUT2D eigenvalue weighted by atomic mass is 79.9. The normalized spacial score (nSPS) is 22.1. The fourth-order valence-electron chi connectivity index (χ4n) is 2.48. The van der Waals surface area contributed by atoms with Gasteiger partial charge in [-0.25, -0.2) is 8.42 Å². The van der Waals surface area contributed by atoms with E-state index in [1.54, 1.807) is 10.4 Å². The lowest BCUT2D eigenvalue weighted by Gasteiger charge is -2.38. The molecule has 1 heterocycles. The molecule has 0 amide bonds. The summed E-state index contributed by atoms with van der Waals surface area (Å²) in [6, 6.07) is 5.15. The van der Waals surface area contributed by atoms with E-state index in [0.29, 0.717) is 24.5 Å². The van der Waals surface area contributed by atoms with Gasteiger partial charge in [-0.05, 0) is 31.7 Å². The quantitative estimate of drug-likeness (QED) is 0.872. The van der Waals surface area contributed by atoms with Gasteiger partial charge in [-0.1, -0.05) is 22.0 Å². The van der Waals surface area contributed by atoms with Crippen molar-refractivity contribution < 1.29 is 8.42 Å². The van der Waals surface area contributed by atoms with Gasteiger partial charge in [0.05, 0.1) is 10.9 Å². The molecule has 0 bridgehead atoms. The Bertz CT molecular complexity index is 591. The molecule has 1 fully saturated rings. The molecule has 2 rings (SSSR count). The second-order valence-electron chi connectivity index (χ2n) is 5.18. The maximum atomic E-state index is 12.9. The second-order valence-corrected chi connectivity index (χ2v) is 7.95. The van der Waals surface area contributed by atoms with Crippen molar-refractivity contribution >= 4 is 26.0 Å². The topological polar surface area (TPSA) is 66.6 Å². The molecule has 0 radical (unpaired) electrons. The molecule has 2 N–H and O–H groups in total. The molecule has 112 valence electrons. The van der Waals surface area contributed by atoms with Gasteiger partial charge in [0.15, 0.2) is 0 Å². The van der Waals surface area contributed by atoms with Gasteiger partial charge in [-0.3, -0.25) is 0 Å². The number of hydrogen-bond acceptors (Lipinski definition) is 4. The third-order valence-corrected chi connectivity index (χ3v) is 6.23. The first-order valence-electron chi connectivity index (χ1n) is 6.53. The summed E-state index contributed by atoms with van der Waals surface area (Å²) < 4.78 is 28.0. The van der Waals surface area contributed by atoms with Gasteiger partial charge in [0, 0.05) is 30.7 Å². The number of likely N-dealkylation sites (N-methyl/N-ethyl adjacent to an activating group) is 1. The Balaban J connectivity index is 2.41. The lowest BCUT2D eigenvalue weighted by molar-refractivity contribution is 0.164. The van der Waals surface area contributed by atoms with Crippen LogP contribution in [-0.4, -0.2) is 56.9 Å². The van der Waals surface area contributed by atoms with Crippen LogP contribution in [0.2, 0.25) is 0 Å². The standard InChI is InChI=1S/C13H20BrN3O2S/c1-10-3-4-11(14)7-13(10)20(18,19)17-6-5-16(2)9-12(17)8-15/h3-4,7,12H,5-6,8-9,15H2,1-2H3. The Kier molecular flexibility index (Phi) is 4.86. The summed E-state index contributed by atoms with van der Waals surface area (Å²) in [6.07, 6.45) is 0. The molecule has 0 spiro atoms. The average Bonchev–Trinajstić information content (AvgIpc) is 2.40. The van der Waals surface area contributed by atoms with Gasteiger partial charge in [0.2, 0.25) is 10.0 Å². The molecule has 20 heavy (non-hydrogen) atoms. The van der Waals surface area contributed by atoms with Crippen LogP contribution in [0.1, 0.15) is 5.56 Å². The minimum absolute atomic E-state index is 0.169. The van der Waals surface area contributed by atoms with E-state index in [-0.39, 0.29) is 6.04 Å². The summed E-state index contributed by atoms with van der Waals surface area (Å²) >= 11 is 3.34. The Labute approximate surface area is 128 Å². The maximum absolute atomic E-state index is 12.9. The van der Waals surface area contributed by atoms with Crippen molar-refractivity contribution in [2.75, 3.05) is 33.2 Å². The number of rotatable bonds is 3. The summed E-state index contributed by atoms with van der Waals surface area (Å²) in [5.74, 6) is 0. The number of piperazine rings is 1. The van der Waals surface area contributed by atoms with Gasteiger partial charge >= 0.3 is 0 Å². The molecule has 1 saturated heterocycles. The molecule has 1 aliphatic heterocycles. The first-order chi connectivity index (χ1) is 9.36. The number of aryl methyl sites for hydroxylation is 1. The maximum Gasteiger partial charge on any atom is 0.243 e. The van der Waals surface area contributed by atoms with Crippen molar-refractivity contribution in [1.29, 1.82) is 0 Å². The van der Waals surface area contributed by atoms with Gasteiger partial charge < -0.3 is 10.6 Å². The lowest BCUT2D eigenvalue weighted by Crippen LogP contribution is -2.56. The Morgan fingerprint density at radius 1 is 1.40 bits per heavy atom. The van der Waals surface area contributed by atoms with Crippen LogP contribution in [0.15, 0.2) is 27.6 Å². The predicted octanol–water partition coefficient (Wildman–Crippen LogP) is 1.02. The zero-order valence-electron chi connectivity index (χ0n) is 11.7. The molecule has 5 nitrogen and oxygen atoms in total. The molecule has 1 atom stereocenters. The summed E-state index contributed by atoms with van der Waals surface area (Å²) in [5.41, 5.74) is 6.51. The van der Waals surface area contributed by atoms with Crippen molar-refractivity contribution in [3.63, 3.8) is 0 Å². The largest absolute Gasteiger partial charge is 0.329 e. The van der Waals surface area contributed by atoms with Gasteiger partial charge in [0.25, 0.3) is 0 Å². The Morgan fingerprint density at radius 2 is 2.10 bits per heavy atom. The van der Waals surface area contributed by atoms with E-state index >= 15 is 0 Å². The number of hydrogen-bond donors (Lipinski definition) is 1. The summed E-state index contributed by atoms with van der Waals surface area (Å²) in [6.45, 7) is 4.02. The van der Waals surface area contributed by atoms with Gasteiger partial charge in [0.1, 0.15) is 0 Å². The fraction of sp³-hybridized carbons (Fsp3) is 0.538. The molecule has 0 aliphatic carbocycles. The van der Waals surface area contributed by atoms with Crippen LogP contribution in [0.25, 0.3) is 0 Å². The molecular formula is C13H20BrN3O2S. The average molecular weight is 362 g/mol. The third-order valence-electron chi connectivity index (χ3n) is 3.64. The number of halogens is 1. The van der Waals surface area contributed by atoms with Crippen LogP contribution in [0.3, 0.4) is 0 Å². The monoisotopic (exact) mass is 361 g/mol. The minimum Gasteiger partial charge on any atom is -0.329 e. The van der Waals surface area contributed by atoms with E-state index in [4.69, 9.17) is 5.73 Å². The minimum atomic E-state index is -3.50. The Morgan fingerprint density at radius 3 is 2.75 bits per heavy atom. The van der Waals surface area contributed by atoms with Crippen LogP contribution in [0, 0.1) is 6.92 Å². The number of nitrogens with two attached hydrogens (primary N) is 1. The van der Waals surface area contributed by atoms with E-state index in [2.05, 4.69) is 20.8 Å². The number of sulfonamides is 1. The van der Waals surface area contributed by atoms with Crippen LogP contribution in [0.5, 0.6) is 0 Å². The summed E-state index contributed by atoms with van der Waals surface area (Å²) in [5, 5.41) is 0. The second kappa shape index (κ2) is 6.11. The van der Waals surface area contributed by atoms with Crippen molar-refractivity contribution in [2.24, 2.45) is 5.73 Å². The SMILES string of the molecule is Cc1ccc(Br)cc1S(=O)(=O)N1CCN(C)CC1CN. The van der Waals surface area contributed by atoms with E-state index in [9.17, 15) is 8.42 Å². The molecular weight excluding hydrogens is 342 g/mol. The van der Waals surface area contributed by atoms with Crippen LogP contribution < -0.4 is 5.73 Å². The van der Waals surface area contributed by atoms with Gasteiger partial charge in [-0.2, -0.15) is 4.31 Å². The highest BCUT2D eigenvalue weighted by Crippen LogP contribution is 2.26. The first-order valence-corrected chi connectivity index (χ1v) is 8.76. The number of benzene rings is 1. The van der Waals surface area contributed by atoms with Crippen LogP contribution in [0.4, 0.5) is 0 Å². The van der Waals surface area contributed by atoms with Crippen molar-refractivity contribution in [1.82, 2.24) is 9.21 Å². The molecule has 1 aromatic rings. The first kappa shape index (κ1) is 15.9. The van der Waals surface area contributed by atoms with Crippen LogP contribution in [-0.2, 0) is 10.0 Å². The van der Waals surface area contributed by atoms with E-state index in [0.717, 1.165) is 16.6 Å². The lowest BCUT2D eigenvalue weighted by atomic mass is 10.2. The fourth-order valence-corrected chi connectivity index (χ4v) is 4.86. The van der Waals surface area contributed by atoms with Crippen LogP contribution >= 0.6 is 15.9 Å². The predicted molar refractivity (Wildman–Crippen MR) is 83.1 cm³/mol.